The van der Waals surface area contributed by atoms with Crippen LogP contribution in [0.15, 0.2) is 24.4 Å². The van der Waals surface area contributed by atoms with Crippen LogP contribution in [0.2, 0.25) is 5.02 Å². The monoisotopic (exact) mass is 248 g/mol. The van der Waals surface area contributed by atoms with Crippen molar-refractivity contribution >= 4 is 22.5 Å². The molecule has 1 aromatic carbocycles. The van der Waals surface area contributed by atoms with Gasteiger partial charge in [-0.2, -0.15) is 0 Å². The maximum Gasteiger partial charge on any atom is 0.0471 e. The minimum atomic E-state index is 0.793. The number of hydrogen-bond donors (Lipinski definition) is 2. The molecular weight excluding hydrogens is 232 g/mol. The summed E-state index contributed by atoms with van der Waals surface area (Å²) in [6, 6.07) is 6.88. The molecule has 17 heavy (non-hydrogen) atoms. The molecule has 1 aliphatic carbocycles. The first-order chi connectivity index (χ1) is 8.33. The van der Waals surface area contributed by atoms with E-state index in [2.05, 4.69) is 22.6 Å². The molecule has 90 valence electrons. The Morgan fingerprint density at radius 2 is 2.24 bits per heavy atom. The van der Waals surface area contributed by atoms with Crippen molar-refractivity contribution in [1.29, 1.82) is 0 Å². The number of aromatic amines is 1. The van der Waals surface area contributed by atoms with Gasteiger partial charge < -0.3 is 10.3 Å². The minimum absolute atomic E-state index is 0.793. The van der Waals surface area contributed by atoms with Gasteiger partial charge in [-0.15, -0.1) is 0 Å². The Labute approximate surface area is 106 Å². The molecule has 0 spiro atoms. The second-order valence-electron chi connectivity index (χ2n) is 4.84. The Morgan fingerprint density at radius 3 is 3.06 bits per heavy atom. The van der Waals surface area contributed by atoms with Crippen LogP contribution in [0, 0.1) is 0 Å². The topological polar surface area (TPSA) is 27.8 Å². The zero-order valence-electron chi connectivity index (χ0n) is 9.80. The van der Waals surface area contributed by atoms with Gasteiger partial charge in [-0.25, -0.2) is 0 Å². The Kier molecular flexibility index (Phi) is 3.08. The van der Waals surface area contributed by atoms with Crippen LogP contribution in [0.5, 0.6) is 0 Å². The maximum atomic E-state index is 5.97. The van der Waals surface area contributed by atoms with Crippen molar-refractivity contribution < 1.29 is 0 Å². The summed E-state index contributed by atoms with van der Waals surface area (Å²) in [5, 5.41) is 5.64. The second kappa shape index (κ2) is 4.71. The van der Waals surface area contributed by atoms with Crippen LogP contribution in [-0.2, 0) is 6.42 Å². The van der Waals surface area contributed by atoms with Gasteiger partial charge in [0.15, 0.2) is 0 Å². The van der Waals surface area contributed by atoms with Crippen molar-refractivity contribution in [2.45, 2.75) is 31.7 Å². The number of aryl methyl sites for hydroxylation is 1. The summed E-state index contributed by atoms with van der Waals surface area (Å²) in [4.78, 5) is 3.29. The van der Waals surface area contributed by atoms with Gasteiger partial charge in [0, 0.05) is 28.2 Å². The molecule has 3 heteroatoms. The number of rotatable bonds is 5. The van der Waals surface area contributed by atoms with E-state index < -0.39 is 0 Å². The van der Waals surface area contributed by atoms with Crippen LogP contribution in [0.4, 0.5) is 0 Å². The van der Waals surface area contributed by atoms with Crippen LogP contribution in [0.25, 0.3) is 10.9 Å². The Balaban J connectivity index is 1.63. The number of fused-ring (bicyclic) bond motifs is 1. The molecule has 2 nitrogen and oxygen atoms in total. The van der Waals surface area contributed by atoms with Gasteiger partial charge in [-0.3, -0.25) is 0 Å². The fraction of sp³-hybridized carbons (Fsp3) is 0.429. The summed E-state index contributed by atoms with van der Waals surface area (Å²) in [7, 11) is 0. The molecule has 2 N–H and O–H groups in total. The smallest absolute Gasteiger partial charge is 0.0471 e. The highest BCUT2D eigenvalue weighted by molar-refractivity contribution is 6.31. The van der Waals surface area contributed by atoms with E-state index in [-0.39, 0.29) is 0 Å². The lowest BCUT2D eigenvalue weighted by molar-refractivity contribution is 0.646. The highest BCUT2D eigenvalue weighted by Gasteiger charge is 2.19. The molecule has 1 aliphatic rings. The average molecular weight is 249 g/mol. The van der Waals surface area contributed by atoms with Crippen LogP contribution in [0.3, 0.4) is 0 Å². The number of nitrogens with one attached hydrogen (secondary N) is 2. The zero-order valence-corrected chi connectivity index (χ0v) is 10.6. The van der Waals surface area contributed by atoms with Crippen LogP contribution in [-0.4, -0.2) is 17.6 Å². The first-order valence-electron chi connectivity index (χ1n) is 6.32. The van der Waals surface area contributed by atoms with E-state index in [1.54, 1.807) is 0 Å². The zero-order chi connectivity index (χ0) is 11.7. The van der Waals surface area contributed by atoms with Crippen molar-refractivity contribution in [3.8, 4) is 0 Å². The van der Waals surface area contributed by atoms with E-state index in [4.69, 9.17) is 11.6 Å². The highest BCUT2D eigenvalue weighted by Crippen LogP contribution is 2.23. The predicted octanol–water partition coefficient (Wildman–Crippen LogP) is 3.51. The molecule has 1 fully saturated rings. The van der Waals surface area contributed by atoms with Crippen LogP contribution >= 0.6 is 11.6 Å². The first kappa shape index (κ1) is 11.1. The molecule has 1 aromatic heterocycles. The first-order valence-corrected chi connectivity index (χ1v) is 6.69. The van der Waals surface area contributed by atoms with Crippen molar-refractivity contribution in [1.82, 2.24) is 10.3 Å². The number of hydrogen-bond acceptors (Lipinski definition) is 1. The molecule has 0 aliphatic heterocycles. The lowest BCUT2D eigenvalue weighted by atomic mass is 10.1. The summed E-state index contributed by atoms with van der Waals surface area (Å²) < 4.78 is 0. The number of aromatic nitrogens is 1. The van der Waals surface area contributed by atoms with Gasteiger partial charge in [0.05, 0.1) is 0 Å². The largest absolute Gasteiger partial charge is 0.361 e. The number of halogens is 1. The van der Waals surface area contributed by atoms with E-state index in [1.807, 2.05) is 12.1 Å². The number of benzene rings is 1. The standard InChI is InChI=1S/C14H17ClN2/c15-11-3-6-13-10(9-17-14(13)8-11)2-1-7-16-12-4-5-12/h3,6,8-9,12,16-17H,1-2,4-5,7H2. The van der Waals surface area contributed by atoms with Gasteiger partial charge >= 0.3 is 0 Å². The summed E-state index contributed by atoms with van der Waals surface area (Å²) >= 11 is 5.97. The van der Waals surface area contributed by atoms with Crippen molar-refractivity contribution in [2.75, 3.05) is 6.54 Å². The molecule has 0 saturated heterocycles. The highest BCUT2D eigenvalue weighted by atomic mass is 35.5. The average Bonchev–Trinajstić information content (AvgIpc) is 3.06. The molecular formula is C14H17ClN2. The van der Waals surface area contributed by atoms with Crippen molar-refractivity contribution in [2.24, 2.45) is 0 Å². The van der Waals surface area contributed by atoms with E-state index in [1.165, 1.54) is 30.2 Å². The molecule has 3 rings (SSSR count). The maximum absolute atomic E-state index is 5.97. The summed E-state index contributed by atoms with van der Waals surface area (Å²) in [6.07, 6.45) is 7.17. The van der Waals surface area contributed by atoms with E-state index in [9.17, 15) is 0 Å². The molecule has 0 radical (unpaired) electrons. The van der Waals surface area contributed by atoms with Crippen LogP contribution in [0.1, 0.15) is 24.8 Å². The fourth-order valence-corrected chi connectivity index (χ4v) is 2.41. The molecule has 1 saturated carbocycles. The van der Waals surface area contributed by atoms with Crippen LogP contribution < -0.4 is 5.32 Å². The van der Waals surface area contributed by atoms with E-state index in [0.29, 0.717) is 0 Å². The quantitative estimate of drug-likeness (QED) is 0.779. The molecule has 2 aromatic rings. The Bertz CT molecular complexity index is 514. The van der Waals surface area contributed by atoms with Gasteiger partial charge in [0.2, 0.25) is 0 Å². The van der Waals surface area contributed by atoms with Crippen molar-refractivity contribution in [3.05, 3.63) is 35.0 Å². The Morgan fingerprint density at radius 1 is 1.35 bits per heavy atom. The lowest BCUT2D eigenvalue weighted by Gasteiger charge is -2.02. The van der Waals surface area contributed by atoms with E-state index >= 15 is 0 Å². The summed E-state index contributed by atoms with van der Waals surface area (Å²) in [5.41, 5.74) is 2.54. The molecule has 0 atom stereocenters. The van der Waals surface area contributed by atoms with E-state index in [0.717, 1.165) is 29.5 Å². The second-order valence-corrected chi connectivity index (χ2v) is 5.27. The predicted molar refractivity (Wildman–Crippen MR) is 72.7 cm³/mol. The third-order valence-corrected chi connectivity index (χ3v) is 3.60. The molecule has 0 bridgehead atoms. The number of H-pyrrole nitrogens is 1. The molecule has 0 amide bonds. The molecule has 0 unspecified atom stereocenters. The normalized spacial score (nSPS) is 15.6. The van der Waals surface area contributed by atoms with Gasteiger partial charge in [-0.05, 0) is 49.9 Å². The summed E-state index contributed by atoms with van der Waals surface area (Å²) in [5.74, 6) is 0. The third kappa shape index (κ3) is 2.64. The fourth-order valence-electron chi connectivity index (χ4n) is 2.24. The summed E-state index contributed by atoms with van der Waals surface area (Å²) in [6.45, 7) is 1.13. The Hall–Kier alpha value is -0.990. The molecule has 1 heterocycles. The van der Waals surface area contributed by atoms with Crippen molar-refractivity contribution in [3.63, 3.8) is 0 Å². The van der Waals surface area contributed by atoms with Gasteiger partial charge in [0.25, 0.3) is 0 Å². The third-order valence-electron chi connectivity index (χ3n) is 3.36. The van der Waals surface area contributed by atoms with Gasteiger partial charge in [0.1, 0.15) is 0 Å². The van der Waals surface area contributed by atoms with Gasteiger partial charge in [-0.1, -0.05) is 17.7 Å². The lowest BCUT2D eigenvalue weighted by Crippen LogP contribution is -2.17. The SMILES string of the molecule is Clc1ccc2c(CCCNC3CC3)c[nH]c2c1. The minimum Gasteiger partial charge on any atom is -0.361 e.